The zero-order valence-corrected chi connectivity index (χ0v) is 12.1. The summed E-state index contributed by atoms with van der Waals surface area (Å²) in [4.78, 5) is 9.49. The molecule has 0 atom stereocenters. The Morgan fingerprint density at radius 1 is 1.24 bits per heavy atom. The first-order valence-electron chi connectivity index (χ1n) is 6.27. The lowest BCUT2D eigenvalue weighted by Crippen LogP contribution is -1.97. The Bertz CT molecular complexity index is 792. The molecule has 0 unspecified atom stereocenters. The zero-order valence-electron chi connectivity index (χ0n) is 11.3. The van der Waals surface area contributed by atoms with Gasteiger partial charge in [-0.15, -0.1) is 11.3 Å². The molecule has 0 aliphatic rings. The number of hydrogen-bond acceptors (Lipinski definition) is 5. The predicted molar refractivity (Wildman–Crippen MR) is 82.0 cm³/mol. The first-order chi connectivity index (χ1) is 10.3. The molecule has 0 N–H and O–H groups in total. The van der Waals surface area contributed by atoms with Gasteiger partial charge in [-0.3, -0.25) is 4.98 Å². The van der Waals surface area contributed by atoms with Gasteiger partial charge in [-0.2, -0.15) is 5.26 Å². The van der Waals surface area contributed by atoms with Gasteiger partial charge < -0.3 is 4.74 Å². The minimum absolute atomic E-state index is 0.343. The SMILES string of the molecule is COc1nc(-c2cccs2)cc(-c2ccncc2)c1C#N. The summed E-state index contributed by atoms with van der Waals surface area (Å²) >= 11 is 1.60. The highest BCUT2D eigenvalue weighted by atomic mass is 32.1. The normalized spacial score (nSPS) is 10.1. The Kier molecular flexibility index (Phi) is 3.63. The van der Waals surface area contributed by atoms with Crippen LogP contribution in [-0.4, -0.2) is 17.1 Å². The van der Waals surface area contributed by atoms with Gasteiger partial charge in [0, 0.05) is 18.0 Å². The van der Waals surface area contributed by atoms with E-state index in [4.69, 9.17) is 4.74 Å². The van der Waals surface area contributed by atoms with Crippen LogP contribution >= 0.6 is 11.3 Å². The summed E-state index contributed by atoms with van der Waals surface area (Å²) < 4.78 is 5.29. The second kappa shape index (κ2) is 5.73. The van der Waals surface area contributed by atoms with E-state index in [0.29, 0.717) is 11.4 Å². The number of aromatic nitrogens is 2. The molecule has 0 radical (unpaired) electrons. The number of hydrogen-bond donors (Lipinski definition) is 0. The summed E-state index contributed by atoms with van der Waals surface area (Å²) in [6, 6.07) is 11.8. The maximum absolute atomic E-state index is 9.43. The Hall–Kier alpha value is -2.71. The summed E-state index contributed by atoms with van der Waals surface area (Å²) in [5.41, 5.74) is 2.95. The van der Waals surface area contributed by atoms with E-state index in [1.807, 2.05) is 35.7 Å². The Balaban J connectivity index is 2.27. The van der Waals surface area contributed by atoms with Crippen molar-refractivity contribution in [3.05, 3.63) is 53.7 Å². The standard InChI is InChI=1S/C16H11N3OS/c1-20-16-13(10-17)12(11-4-6-18-7-5-11)9-14(19-16)15-3-2-8-21-15/h2-9H,1H3. The van der Waals surface area contributed by atoms with E-state index in [2.05, 4.69) is 16.0 Å². The third-order valence-electron chi connectivity index (χ3n) is 3.06. The molecular weight excluding hydrogens is 282 g/mol. The second-order valence-corrected chi connectivity index (χ2v) is 5.21. The highest BCUT2D eigenvalue weighted by Gasteiger charge is 2.16. The van der Waals surface area contributed by atoms with Crippen LogP contribution in [-0.2, 0) is 0 Å². The highest BCUT2D eigenvalue weighted by Crippen LogP contribution is 2.34. The predicted octanol–water partition coefficient (Wildman–Crippen LogP) is 3.75. The van der Waals surface area contributed by atoms with Gasteiger partial charge in [0.15, 0.2) is 0 Å². The third-order valence-corrected chi connectivity index (χ3v) is 3.95. The fourth-order valence-corrected chi connectivity index (χ4v) is 2.77. The molecule has 0 aliphatic carbocycles. The summed E-state index contributed by atoms with van der Waals surface area (Å²) in [5, 5.41) is 11.4. The molecular formula is C16H11N3OS. The van der Waals surface area contributed by atoms with Gasteiger partial charge in [-0.25, -0.2) is 4.98 Å². The monoisotopic (exact) mass is 293 g/mol. The van der Waals surface area contributed by atoms with Crippen molar-refractivity contribution in [1.82, 2.24) is 9.97 Å². The molecule has 0 aliphatic heterocycles. The third kappa shape index (κ3) is 2.49. The van der Waals surface area contributed by atoms with Crippen molar-refractivity contribution in [2.24, 2.45) is 0 Å². The van der Waals surface area contributed by atoms with Crippen LogP contribution in [0.5, 0.6) is 5.88 Å². The van der Waals surface area contributed by atoms with Gasteiger partial charge in [0.2, 0.25) is 5.88 Å². The Labute approximate surface area is 126 Å². The number of pyridine rings is 2. The molecule has 21 heavy (non-hydrogen) atoms. The van der Waals surface area contributed by atoms with Crippen molar-refractivity contribution in [2.45, 2.75) is 0 Å². The molecule has 0 saturated carbocycles. The number of ether oxygens (including phenoxy) is 1. The van der Waals surface area contributed by atoms with Crippen molar-refractivity contribution in [1.29, 1.82) is 5.26 Å². The molecule has 3 aromatic heterocycles. The maximum atomic E-state index is 9.43. The molecule has 3 aromatic rings. The van der Waals surface area contributed by atoms with Gasteiger partial charge >= 0.3 is 0 Å². The van der Waals surface area contributed by atoms with Crippen LogP contribution < -0.4 is 4.74 Å². The van der Waals surface area contributed by atoms with Crippen molar-refractivity contribution in [2.75, 3.05) is 7.11 Å². The van der Waals surface area contributed by atoms with Gasteiger partial charge in [-0.1, -0.05) is 6.07 Å². The van der Waals surface area contributed by atoms with E-state index in [1.165, 1.54) is 7.11 Å². The van der Waals surface area contributed by atoms with Gasteiger partial charge in [0.25, 0.3) is 0 Å². The van der Waals surface area contributed by atoms with Crippen LogP contribution in [0.15, 0.2) is 48.1 Å². The van der Waals surface area contributed by atoms with Crippen LogP contribution in [0, 0.1) is 11.3 Å². The molecule has 0 saturated heterocycles. The molecule has 0 spiro atoms. The first-order valence-corrected chi connectivity index (χ1v) is 7.15. The molecule has 3 rings (SSSR count). The number of rotatable bonds is 3. The topological polar surface area (TPSA) is 58.8 Å². The Morgan fingerprint density at radius 2 is 2.05 bits per heavy atom. The summed E-state index contributed by atoms with van der Waals surface area (Å²) in [6.45, 7) is 0. The van der Waals surface area contributed by atoms with Crippen LogP contribution in [0.2, 0.25) is 0 Å². The zero-order chi connectivity index (χ0) is 14.7. The van der Waals surface area contributed by atoms with E-state index in [0.717, 1.165) is 21.7 Å². The van der Waals surface area contributed by atoms with Crippen LogP contribution in [0.25, 0.3) is 21.7 Å². The molecule has 0 amide bonds. The lowest BCUT2D eigenvalue weighted by atomic mass is 10.0. The molecule has 4 nitrogen and oxygen atoms in total. The van der Waals surface area contributed by atoms with Crippen molar-refractivity contribution in [3.8, 4) is 33.6 Å². The van der Waals surface area contributed by atoms with Gasteiger partial charge in [0.1, 0.15) is 11.6 Å². The first kappa shape index (κ1) is 13.3. The quantitative estimate of drug-likeness (QED) is 0.738. The number of nitrogens with zero attached hydrogens (tertiary/aromatic N) is 3. The summed E-state index contributed by atoms with van der Waals surface area (Å²) in [7, 11) is 1.53. The van der Waals surface area contributed by atoms with E-state index >= 15 is 0 Å². The fraction of sp³-hybridized carbons (Fsp3) is 0.0625. The number of thiophene rings is 1. The van der Waals surface area contributed by atoms with E-state index in [9.17, 15) is 5.26 Å². The average Bonchev–Trinajstić information content (AvgIpc) is 3.08. The molecule has 5 heteroatoms. The summed E-state index contributed by atoms with van der Waals surface area (Å²) in [5.74, 6) is 0.343. The fourth-order valence-electron chi connectivity index (χ4n) is 2.09. The van der Waals surface area contributed by atoms with Crippen LogP contribution in [0.3, 0.4) is 0 Å². The van der Waals surface area contributed by atoms with Crippen LogP contribution in [0.1, 0.15) is 5.56 Å². The van der Waals surface area contributed by atoms with Crippen molar-refractivity contribution < 1.29 is 4.74 Å². The lowest BCUT2D eigenvalue weighted by Gasteiger charge is -2.10. The Morgan fingerprint density at radius 3 is 2.67 bits per heavy atom. The molecule has 0 bridgehead atoms. The number of nitriles is 1. The molecule has 0 aromatic carbocycles. The van der Waals surface area contributed by atoms with Gasteiger partial charge in [-0.05, 0) is 35.2 Å². The highest BCUT2D eigenvalue weighted by molar-refractivity contribution is 7.13. The van der Waals surface area contributed by atoms with E-state index in [1.54, 1.807) is 23.7 Å². The second-order valence-electron chi connectivity index (χ2n) is 4.26. The van der Waals surface area contributed by atoms with E-state index in [-0.39, 0.29) is 0 Å². The largest absolute Gasteiger partial charge is 0.480 e. The molecule has 102 valence electrons. The number of methoxy groups -OCH3 is 1. The minimum Gasteiger partial charge on any atom is -0.480 e. The maximum Gasteiger partial charge on any atom is 0.232 e. The van der Waals surface area contributed by atoms with Gasteiger partial charge in [0.05, 0.1) is 17.7 Å². The van der Waals surface area contributed by atoms with Crippen LogP contribution in [0.4, 0.5) is 0 Å². The molecule has 0 fully saturated rings. The lowest BCUT2D eigenvalue weighted by molar-refractivity contribution is 0.397. The van der Waals surface area contributed by atoms with E-state index < -0.39 is 0 Å². The molecule has 3 heterocycles. The minimum atomic E-state index is 0.343. The van der Waals surface area contributed by atoms with Crippen molar-refractivity contribution in [3.63, 3.8) is 0 Å². The average molecular weight is 293 g/mol. The summed E-state index contributed by atoms with van der Waals surface area (Å²) in [6.07, 6.45) is 3.41. The smallest absolute Gasteiger partial charge is 0.232 e. The van der Waals surface area contributed by atoms with Crippen molar-refractivity contribution >= 4 is 11.3 Å².